The van der Waals surface area contributed by atoms with Gasteiger partial charge in [0.05, 0.1) is 18.3 Å². The predicted molar refractivity (Wildman–Crippen MR) is 297 cm³/mol. The van der Waals surface area contributed by atoms with E-state index in [4.69, 9.17) is 34.4 Å². The van der Waals surface area contributed by atoms with Crippen molar-refractivity contribution in [1.29, 1.82) is 0 Å². The molecule has 0 aromatic rings. The van der Waals surface area contributed by atoms with Crippen LogP contribution >= 0.6 is 0 Å². The summed E-state index contributed by atoms with van der Waals surface area (Å²) in [6.07, 6.45) is -4.05. The first-order chi connectivity index (χ1) is 38.2. The molecule has 0 radical (unpaired) electrons. The van der Waals surface area contributed by atoms with Gasteiger partial charge < -0.3 is 97.6 Å². The van der Waals surface area contributed by atoms with Gasteiger partial charge >= 0.3 is 0 Å². The maximum absolute atomic E-state index is 15.2. The third kappa shape index (κ3) is 24.6. The van der Waals surface area contributed by atoms with Gasteiger partial charge in [-0.1, -0.05) is 47.0 Å². The minimum absolute atomic E-state index is 0.0679. The Morgan fingerprint density at radius 2 is 0.975 bits per heavy atom. The number of imide groups is 1. The van der Waals surface area contributed by atoms with E-state index in [0.29, 0.717) is 17.2 Å². The van der Waals surface area contributed by atoms with E-state index in [1.807, 2.05) is 0 Å². The molecule has 30 nitrogen and oxygen atoms in total. The third-order valence-corrected chi connectivity index (χ3v) is 13.5. The molecule has 1 saturated heterocycles. The highest BCUT2D eigenvalue weighted by molar-refractivity contribution is 6.07. The molecule has 0 spiro atoms. The highest BCUT2D eigenvalue weighted by atomic mass is 16.3. The molecule has 30 heteroatoms. The fourth-order valence-corrected chi connectivity index (χ4v) is 8.68. The number of hydrogen-bond donors (Lipinski definition) is 18. The Labute approximate surface area is 474 Å². The van der Waals surface area contributed by atoms with Gasteiger partial charge in [0.25, 0.3) is 11.8 Å². The van der Waals surface area contributed by atoms with Crippen LogP contribution in [0.25, 0.3) is 0 Å². The maximum Gasteiger partial charge on any atom is 0.255 e. The van der Waals surface area contributed by atoms with Crippen molar-refractivity contribution >= 4 is 65.0 Å². The lowest BCUT2D eigenvalue weighted by Crippen LogP contribution is -2.66. The molecule has 1 fully saturated rings. The van der Waals surface area contributed by atoms with Crippen molar-refractivity contribution in [3.63, 3.8) is 0 Å². The molecule has 0 aromatic carbocycles. The molecule has 1 aliphatic rings. The van der Waals surface area contributed by atoms with Gasteiger partial charge in [-0.2, -0.15) is 0 Å². The van der Waals surface area contributed by atoms with Crippen LogP contribution in [0.2, 0.25) is 0 Å². The van der Waals surface area contributed by atoms with E-state index >= 15 is 9.59 Å². The van der Waals surface area contributed by atoms with E-state index in [1.54, 1.807) is 13.8 Å². The van der Waals surface area contributed by atoms with Crippen molar-refractivity contribution in [1.82, 2.24) is 52.8 Å². The molecule has 81 heavy (non-hydrogen) atoms. The van der Waals surface area contributed by atoms with E-state index in [1.165, 1.54) is 6.92 Å². The van der Waals surface area contributed by atoms with Crippen molar-refractivity contribution in [3.05, 3.63) is 0 Å². The van der Waals surface area contributed by atoms with Crippen molar-refractivity contribution in [2.75, 3.05) is 39.3 Å². The van der Waals surface area contributed by atoms with E-state index < -0.39 is 170 Å². The lowest BCUT2D eigenvalue weighted by molar-refractivity contribution is -0.158. The Hall–Kier alpha value is -5.99. The first kappa shape index (κ1) is 73.0. The summed E-state index contributed by atoms with van der Waals surface area (Å²) < 4.78 is 0. The largest absolute Gasteiger partial charge is 0.391 e. The monoisotopic (exact) mass is 1160 g/mol. The molecule has 11 amide bonds. The van der Waals surface area contributed by atoms with Crippen molar-refractivity contribution in [2.24, 2.45) is 46.2 Å². The van der Waals surface area contributed by atoms with Gasteiger partial charge in [0, 0.05) is 6.42 Å². The summed E-state index contributed by atoms with van der Waals surface area (Å²) in [5.74, 6) is -11.8. The lowest BCUT2D eigenvalue weighted by atomic mass is 10.0. The quantitative estimate of drug-likeness (QED) is 0.0310. The van der Waals surface area contributed by atoms with Gasteiger partial charge in [0.15, 0.2) is 0 Å². The highest BCUT2D eigenvalue weighted by Crippen LogP contribution is 2.17. The Morgan fingerprint density at radius 1 is 0.519 bits per heavy atom. The lowest BCUT2D eigenvalue weighted by Gasteiger charge is -2.36. The second-order valence-corrected chi connectivity index (χ2v) is 21.0. The number of aliphatic hydroxyl groups is 3. The minimum atomic E-state index is -2.17. The van der Waals surface area contributed by atoms with Crippen LogP contribution in [0.1, 0.15) is 126 Å². The van der Waals surface area contributed by atoms with Gasteiger partial charge in [0.2, 0.25) is 53.2 Å². The summed E-state index contributed by atoms with van der Waals surface area (Å²) in [5.41, 5.74) is 35.3. The number of nitrogens with zero attached hydrogens (tertiary/aromatic N) is 1. The van der Waals surface area contributed by atoms with Crippen LogP contribution in [-0.4, -0.2) is 203 Å². The van der Waals surface area contributed by atoms with Gasteiger partial charge in [-0.25, -0.2) is 0 Å². The molecular formula is C51H96N16O14. The van der Waals surface area contributed by atoms with Gasteiger partial charge in [-0.05, 0) is 123 Å². The van der Waals surface area contributed by atoms with Crippen LogP contribution in [0, 0.1) is 11.8 Å². The van der Waals surface area contributed by atoms with E-state index in [2.05, 4.69) is 61.7 Å². The van der Waals surface area contributed by atoms with Gasteiger partial charge in [-0.15, -0.1) is 0 Å². The highest BCUT2D eigenvalue weighted by Gasteiger charge is 2.45. The summed E-state index contributed by atoms with van der Waals surface area (Å²) in [5, 5.41) is 54.8. The number of carbonyl (C=O) groups is 11. The second kappa shape index (κ2) is 37.9. The third-order valence-electron chi connectivity index (χ3n) is 13.5. The Bertz CT molecular complexity index is 2070. The number of rotatable bonds is 29. The average Bonchev–Trinajstić information content (AvgIpc) is 3.43. The van der Waals surface area contributed by atoms with E-state index in [9.17, 15) is 58.5 Å². The van der Waals surface area contributed by atoms with E-state index in [-0.39, 0.29) is 70.6 Å². The fraction of sp³-hybridized carbons (Fsp3) is 0.784. The molecule has 1 rings (SSSR count). The zero-order valence-electron chi connectivity index (χ0n) is 48.1. The smallest absolute Gasteiger partial charge is 0.255 e. The van der Waals surface area contributed by atoms with Crippen LogP contribution < -0.4 is 82.3 Å². The first-order valence-corrected chi connectivity index (χ1v) is 28.0. The van der Waals surface area contributed by atoms with Crippen LogP contribution in [0.15, 0.2) is 0 Å². The fourth-order valence-electron chi connectivity index (χ4n) is 8.68. The molecule has 1 aliphatic heterocycles. The van der Waals surface area contributed by atoms with Crippen LogP contribution in [0.3, 0.4) is 0 Å². The number of nitrogens with two attached hydrogens (primary N) is 6. The molecule has 24 N–H and O–H groups in total. The molecule has 0 bridgehead atoms. The predicted octanol–water partition coefficient (Wildman–Crippen LogP) is -7.03. The number of unbranched alkanes of at least 4 members (excludes halogenated alkanes) is 1. The summed E-state index contributed by atoms with van der Waals surface area (Å²) in [6.45, 7) is 9.27. The van der Waals surface area contributed by atoms with E-state index in [0.717, 1.165) is 33.1 Å². The van der Waals surface area contributed by atoms with Crippen molar-refractivity contribution in [2.45, 2.75) is 204 Å². The summed E-state index contributed by atoms with van der Waals surface area (Å²) in [4.78, 5) is 157. The molecule has 14 unspecified atom stereocenters. The second-order valence-electron chi connectivity index (χ2n) is 21.0. The average molecular weight is 1160 g/mol. The molecule has 464 valence electrons. The minimum Gasteiger partial charge on any atom is -0.391 e. The molecule has 0 aromatic heterocycles. The summed E-state index contributed by atoms with van der Waals surface area (Å²) in [7, 11) is 0. The Balaban J connectivity index is 4.16. The maximum atomic E-state index is 15.2. The molecular weight excluding hydrogens is 1060 g/mol. The molecule has 0 saturated carbocycles. The molecule has 1 heterocycles. The topological polar surface area (TPSA) is 516 Å². The zero-order valence-corrected chi connectivity index (χ0v) is 48.1. The Kier molecular flexibility index (Phi) is 34.2. The number of carbonyl (C=O) groups excluding carboxylic acids is 11. The summed E-state index contributed by atoms with van der Waals surface area (Å²) >= 11 is 0. The normalized spacial score (nSPS) is 23.8. The van der Waals surface area contributed by atoms with Crippen molar-refractivity contribution < 1.29 is 68.1 Å². The molecule has 14 atom stereocenters. The number of nitrogens with one attached hydrogen (secondary N) is 9. The van der Waals surface area contributed by atoms with Gasteiger partial charge in [0.1, 0.15) is 60.4 Å². The zero-order chi connectivity index (χ0) is 61.7. The van der Waals surface area contributed by atoms with Crippen LogP contribution in [-0.2, 0) is 52.7 Å². The Morgan fingerprint density at radius 3 is 1.44 bits per heavy atom. The summed E-state index contributed by atoms with van der Waals surface area (Å²) in [6, 6.07) is -17.2. The number of amides is 11. The van der Waals surface area contributed by atoms with Crippen molar-refractivity contribution in [3.8, 4) is 0 Å². The van der Waals surface area contributed by atoms with Crippen LogP contribution in [0.5, 0.6) is 0 Å². The van der Waals surface area contributed by atoms with Gasteiger partial charge in [-0.3, -0.25) is 57.6 Å². The first-order valence-electron chi connectivity index (χ1n) is 28.0. The number of aliphatic hydroxyl groups excluding tert-OH is 3. The SMILES string of the molecule is CCC(C)CCCCC(=O)NC(CCN)C(=O)NC(C(=O)NC(CCN)C(=O)N1C(=O)C(C(C)O)NC(=O)C(CCN)NC(=O)C(CCN)NC(=O)C(C(C)O)NC(=O)C(CC(C)C)NC(=O)C(CCN)NC(=O)C1CCN)C(C)O. The molecule has 0 aliphatic carbocycles. The number of hydrogen-bond acceptors (Lipinski definition) is 20. The van der Waals surface area contributed by atoms with Crippen LogP contribution in [0.4, 0.5) is 0 Å². The standard InChI is InChI=1S/C51H96N16O14/c1-8-27(4)11-9-10-12-38(71)58-31(13-19-52)44(74)64-40(29(6)69)49(79)62-35(17-23-56)50(80)67-37(18-24-57)47(77)60-32(14-20-53)43(73)63-36(25-26(2)3)46(76)65-39(28(5)68)48(78)61-33(15-21-54)42(72)59-34(16-22-55)45(75)66-41(30(7)70)51(67)81/h26-37,39-41,68-70H,8-25,52-57H2,1-7H3,(H,58,71)(H,59,72)(H,60,77)(H,61,78)(H,62,79)(H,63,73)(H,64,74)(H,65,76)(H,66,75).